The van der Waals surface area contributed by atoms with Crippen molar-refractivity contribution in [2.45, 2.75) is 24.4 Å². The van der Waals surface area contributed by atoms with Crippen molar-refractivity contribution in [2.24, 2.45) is 5.92 Å². The summed E-state index contributed by atoms with van der Waals surface area (Å²) < 4.78 is 10.9. The lowest BCUT2D eigenvalue weighted by Gasteiger charge is -2.21. The number of alkyl carbamates (subject to hydrolysis) is 1. The van der Waals surface area contributed by atoms with Gasteiger partial charge < -0.3 is 30.3 Å². The van der Waals surface area contributed by atoms with Crippen molar-refractivity contribution in [3.8, 4) is 11.1 Å². The molecule has 3 atom stereocenters. The number of amides is 2. The Morgan fingerprint density at radius 3 is 2.27 bits per heavy atom. The Kier molecular flexibility index (Phi) is 6.90. The summed E-state index contributed by atoms with van der Waals surface area (Å²) >= 11 is 0. The third-order valence-corrected chi connectivity index (χ3v) is 6.10. The molecule has 174 valence electrons. The van der Waals surface area contributed by atoms with Gasteiger partial charge in [0.25, 0.3) is 0 Å². The zero-order valence-corrected chi connectivity index (χ0v) is 17.9. The lowest BCUT2D eigenvalue weighted by molar-refractivity contribution is -0.143. The minimum atomic E-state index is -1.24. The molecule has 2 amide bonds. The molecule has 2 aromatic carbocycles. The monoisotopic (exact) mass is 454 g/mol. The molecule has 0 spiro atoms. The zero-order chi connectivity index (χ0) is 23.4. The average molecular weight is 454 g/mol. The molecule has 4 N–H and O–H groups in total. The average Bonchev–Trinajstić information content (AvgIpc) is 3.40. The van der Waals surface area contributed by atoms with Gasteiger partial charge in [-0.2, -0.15) is 0 Å². The molecule has 1 aliphatic heterocycles. The molecule has 1 heterocycles. The summed E-state index contributed by atoms with van der Waals surface area (Å²) in [7, 11) is 0. The van der Waals surface area contributed by atoms with Crippen LogP contribution in [0.1, 0.15) is 23.5 Å². The Hall–Kier alpha value is -3.43. The standard InChI is InChI=1S/C24H26N2O7/c27-10-9-20(23(29)30)25-22(28)19-11-32-13-21(19)26-24(31)33-12-18-16-7-3-1-5-14(16)15-6-2-4-8-17(15)18/h1-8,18-21,27H,9-13H2,(H,25,28)(H,26,31)(H,29,30)/t19?,20-,21?/m1/s1. The van der Waals surface area contributed by atoms with Gasteiger partial charge in [0, 0.05) is 18.9 Å². The van der Waals surface area contributed by atoms with Gasteiger partial charge in [-0.25, -0.2) is 9.59 Å². The van der Waals surface area contributed by atoms with E-state index in [2.05, 4.69) is 22.8 Å². The van der Waals surface area contributed by atoms with Crippen LogP contribution in [0.2, 0.25) is 0 Å². The van der Waals surface area contributed by atoms with Crippen LogP contribution in [0, 0.1) is 5.92 Å². The van der Waals surface area contributed by atoms with Crippen LogP contribution in [0.3, 0.4) is 0 Å². The molecular formula is C24H26N2O7. The third-order valence-electron chi connectivity index (χ3n) is 6.10. The van der Waals surface area contributed by atoms with Gasteiger partial charge in [0.2, 0.25) is 5.91 Å². The number of carboxylic acid groups (broad SMARTS) is 1. The third kappa shape index (κ3) is 4.84. The second-order valence-corrected chi connectivity index (χ2v) is 8.13. The first kappa shape index (κ1) is 22.8. The number of benzene rings is 2. The molecule has 2 aromatic rings. The van der Waals surface area contributed by atoms with E-state index in [0.717, 1.165) is 22.3 Å². The van der Waals surface area contributed by atoms with Gasteiger partial charge in [0.05, 0.1) is 25.2 Å². The number of aliphatic hydroxyl groups is 1. The molecule has 2 aliphatic rings. The summed E-state index contributed by atoms with van der Waals surface area (Å²) in [5.41, 5.74) is 4.44. The Bertz CT molecular complexity index is 995. The Labute approximate surface area is 190 Å². The summed E-state index contributed by atoms with van der Waals surface area (Å²) in [4.78, 5) is 36.3. The van der Waals surface area contributed by atoms with Crippen LogP contribution in [0.5, 0.6) is 0 Å². The maximum absolute atomic E-state index is 12.5. The molecule has 0 aromatic heterocycles. The summed E-state index contributed by atoms with van der Waals surface area (Å²) in [6, 6.07) is 14.2. The van der Waals surface area contributed by atoms with E-state index in [0.29, 0.717) is 0 Å². The number of hydrogen-bond acceptors (Lipinski definition) is 6. The maximum Gasteiger partial charge on any atom is 0.407 e. The highest BCUT2D eigenvalue weighted by molar-refractivity contribution is 5.86. The van der Waals surface area contributed by atoms with Gasteiger partial charge >= 0.3 is 12.1 Å². The summed E-state index contributed by atoms with van der Waals surface area (Å²) in [6.45, 7) is -0.0760. The van der Waals surface area contributed by atoms with Crippen molar-refractivity contribution in [1.29, 1.82) is 0 Å². The molecule has 0 saturated carbocycles. The van der Waals surface area contributed by atoms with E-state index in [1.807, 2.05) is 36.4 Å². The molecule has 4 rings (SSSR count). The molecule has 1 aliphatic carbocycles. The number of carboxylic acids is 1. The minimum absolute atomic E-state index is 0.0472. The summed E-state index contributed by atoms with van der Waals surface area (Å²) in [5, 5.41) is 23.2. The number of carbonyl (C=O) groups excluding carboxylic acids is 2. The smallest absolute Gasteiger partial charge is 0.407 e. The maximum atomic E-state index is 12.5. The summed E-state index contributed by atoms with van der Waals surface area (Å²) in [6.07, 6.45) is -0.783. The van der Waals surface area contributed by atoms with Crippen LogP contribution in [-0.2, 0) is 19.1 Å². The predicted molar refractivity (Wildman–Crippen MR) is 118 cm³/mol. The Morgan fingerprint density at radius 1 is 1.03 bits per heavy atom. The molecule has 1 fully saturated rings. The first-order chi connectivity index (χ1) is 16.0. The molecule has 9 nitrogen and oxygen atoms in total. The number of aliphatic carboxylic acids is 1. The van der Waals surface area contributed by atoms with E-state index in [1.165, 1.54) is 0 Å². The van der Waals surface area contributed by atoms with Crippen molar-refractivity contribution in [2.75, 3.05) is 26.4 Å². The van der Waals surface area contributed by atoms with E-state index in [-0.39, 0.29) is 38.8 Å². The van der Waals surface area contributed by atoms with Gasteiger partial charge in [0.1, 0.15) is 12.6 Å². The highest BCUT2D eigenvalue weighted by Crippen LogP contribution is 2.44. The van der Waals surface area contributed by atoms with E-state index in [1.54, 1.807) is 0 Å². The lowest BCUT2D eigenvalue weighted by Crippen LogP contribution is -2.50. The van der Waals surface area contributed by atoms with E-state index >= 15 is 0 Å². The van der Waals surface area contributed by atoms with Crippen LogP contribution in [0.4, 0.5) is 4.79 Å². The SMILES string of the molecule is O=C(NC1COCC1C(=O)N[C@H](CCO)C(=O)O)OCC1c2ccccc2-c2ccccc21. The van der Waals surface area contributed by atoms with Gasteiger partial charge in [-0.05, 0) is 22.3 Å². The van der Waals surface area contributed by atoms with E-state index in [4.69, 9.17) is 14.6 Å². The lowest BCUT2D eigenvalue weighted by atomic mass is 9.98. The number of fused-ring (bicyclic) bond motifs is 3. The number of aliphatic hydroxyl groups excluding tert-OH is 1. The predicted octanol–water partition coefficient (Wildman–Crippen LogP) is 1.49. The molecular weight excluding hydrogens is 428 g/mol. The molecule has 0 bridgehead atoms. The largest absolute Gasteiger partial charge is 0.480 e. The topological polar surface area (TPSA) is 134 Å². The quantitative estimate of drug-likeness (QED) is 0.475. The van der Waals surface area contributed by atoms with Crippen LogP contribution in [0.25, 0.3) is 11.1 Å². The van der Waals surface area contributed by atoms with Crippen LogP contribution >= 0.6 is 0 Å². The van der Waals surface area contributed by atoms with Crippen molar-refractivity contribution < 1.29 is 34.1 Å². The van der Waals surface area contributed by atoms with Gasteiger partial charge in [-0.1, -0.05) is 48.5 Å². The minimum Gasteiger partial charge on any atom is -0.480 e. The molecule has 33 heavy (non-hydrogen) atoms. The van der Waals surface area contributed by atoms with E-state index < -0.39 is 36.0 Å². The molecule has 2 unspecified atom stereocenters. The first-order valence-electron chi connectivity index (χ1n) is 10.8. The molecule has 9 heteroatoms. The molecule has 0 radical (unpaired) electrons. The van der Waals surface area contributed by atoms with Crippen LogP contribution < -0.4 is 10.6 Å². The number of ether oxygens (including phenoxy) is 2. The fourth-order valence-corrected chi connectivity index (χ4v) is 4.41. The summed E-state index contributed by atoms with van der Waals surface area (Å²) in [5.74, 6) is -2.64. The molecule has 1 saturated heterocycles. The fraction of sp³-hybridized carbons (Fsp3) is 0.375. The Morgan fingerprint density at radius 2 is 1.67 bits per heavy atom. The number of rotatable bonds is 8. The van der Waals surface area contributed by atoms with Crippen LogP contribution in [0.15, 0.2) is 48.5 Å². The second-order valence-electron chi connectivity index (χ2n) is 8.13. The highest BCUT2D eigenvalue weighted by Gasteiger charge is 2.37. The van der Waals surface area contributed by atoms with Gasteiger partial charge in [-0.3, -0.25) is 4.79 Å². The highest BCUT2D eigenvalue weighted by atomic mass is 16.5. The van der Waals surface area contributed by atoms with Crippen LogP contribution in [-0.4, -0.2) is 66.7 Å². The van der Waals surface area contributed by atoms with Crippen molar-refractivity contribution in [3.63, 3.8) is 0 Å². The van der Waals surface area contributed by atoms with Crippen molar-refractivity contribution in [3.05, 3.63) is 59.7 Å². The zero-order valence-electron chi connectivity index (χ0n) is 17.9. The second kappa shape index (κ2) is 10.0. The van der Waals surface area contributed by atoms with Crippen molar-refractivity contribution in [1.82, 2.24) is 10.6 Å². The first-order valence-corrected chi connectivity index (χ1v) is 10.8. The van der Waals surface area contributed by atoms with Gasteiger partial charge in [-0.15, -0.1) is 0 Å². The number of nitrogens with one attached hydrogen (secondary N) is 2. The number of carbonyl (C=O) groups is 3. The van der Waals surface area contributed by atoms with E-state index in [9.17, 15) is 19.5 Å². The Balaban J connectivity index is 1.36. The van der Waals surface area contributed by atoms with Crippen molar-refractivity contribution >= 4 is 18.0 Å². The fourth-order valence-electron chi connectivity index (χ4n) is 4.41. The normalized spacial score (nSPS) is 19.9. The number of hydrogen-bond donors (Lipinski definition) is 4. The van der Waals surface area contributed by atoms with Gasteiger partial charge in [0.15, 0.2) is 0 Å².